The maximum Gasteiger partial charge on any atom is 0.344 e. The Labute approximate surface area is 182 Å². The molecule has 0 radical (unpaired) electrons. The first kappa shape index (κ1) is 22.7. The molecule has 0 saturated carbocycles. The summed E-state index contributed by atoms with van der Waals surface area (Å²) >= 11 is 0. The zero-order valence-corrected chi connectivity index (χ0v) is 18.4. The van der Waals surface area contributed by atoms with Gasteiger partial charge in [0.1, 0.15) is 5.54 Å². The number of amides is 5. The molecule has 0 spiro atoms. The average molecular weight is 430 g/mol. The summed E-state index contributed by atoms with van der Waals surface area (Å²) in [5.41, 5.74) is 2.47. The standard InChI is InChI=1S/C22H31N5O4/c1-16(28)25(3)18-10-13-26(14-11-18)15-19(29)24-27-20(30)22(2,23-21(27)31)12-9-17-7-5-4-6-8-17/h4-8,18H,9-15H2,1-3H3,(H,23,31)(H,24,29). The van der Waals surface area contributed by atoms with Crippen molar-refractivity contribution >= 4 is 23.8 Å². The predicted octanol–water partition coefficient (Wildman–Crippen LogP) is 0.904. The maximum absolute atomic E-state index is 12.8. The molecule has 0 bridgehead atoms. The van der Waals surface area contributed by atoms with Crippen molar-refractivity contribution in [1.29, 1.82) is 0 Å². The van der Waals surface area contributed by atoms with Gasteiger partial charge in [0.05, 0.1) is 6.54 Å². The van der Waals surface area contributed by atoms with Crippen LogP contribution in [0.15, 0.2) is 30.3 Å². The van der Waals surface area contributed by atoms with Crippen molar-refractivity contribution in [1.82, 2.24) is 25.6 Å². The topological polar surface area (TPSA) is 102 Å². The van der Waals surface area contributed by atoms with Crippen LogP contribution in [0.3, 0.4) is 0 Å². The number of piperidine rings is 1. The molecule has 1 atom stereocenters. The predicted molar refractivity (Wildman–Crippen MR) is 115 cm³/mol. The van der Waals surface area contributed by atoms with Crippen molar-refractivity contribution in [3.8, 4) is 0 Å². The molecular formula is C22H31N5O4. The highest BCUT2D eigenvalue weighted by atomic mass is 16.2. The highest BCUT2D eigenvalue weighted by molar-refractivity contribution is 6.07. The zero-order valence-electron chi connectivity index (χ0n) is 18.4. The third-order valence-corrected chi connectivity index (χ3v) is 6.22. The summed E-state index contributed by atoms with van der Waals surface area (Å²) in [6.45, 7) is 4.66. The van der Waals surface area contributed by atoms with Crippen LogP contribution in [-0.4, -0.2) is 76.8 Å². The largest absolute Gasteiger partial charge is 0.344 e. The number of nitrogens with zero attached hydrogens (tertiary/aromatic N) is 3. The Morgan fingerprint density at radius 1 is 1.19 bits per heavy atom. The number of likely N-dealkylation sites (tertiary alicyclic amines) is 1. The van der Waals surface area contributed by atoms with Gasteiger partial charge in [-0.2, -0.15) is 5.01 Å². The Morgan fingerprint density at radius 3 is 2.45 bits per heavy atom. The molecule has 9 heteroatoms. The fourth-order valence-corrected chi connectivity index (χ4v) is 4.08. The maximum atomic E-state index is 12.8. The number of carbonyl (C=O) groups excluding carboxylic acids is 4. The van der Waals surface area contributed by atoms with E-state index in [1.807, 2.05) is 35.2 Å². The highest BCUT2D eigenvalue weighted by Gasteiger charge is 2.48. The van der Waals surface area contributed by atoms with Crippen LogP contribution in [0, 0.1) is 0 Å². The van der Waals surface area contributed by atoms with Gasteiger partial charge in [-0.3, -0.25) is 24.7 Å². The van der Waals surface area contributed by atoms with Crippen molar-refractivity contribution in [2.75, 3.05) is 26.7 Å². The first-order valence-corrected chi connectivity index (χ1v) is 10.7. The van der Waals surface area contributed by atoms with Crippen molar-refractivity contribution in [2.45, 2.75) is 51.1 Å². The second kappa shape index (κ2) is 9.47. The molecule has 1 aromatic carbocycles. The van der Waals surface area contributed by atoms with Gasteiger partial charge in [0, 0.05) is 33.1 Å². The Morgan fingerprint density at radius 2 is 1.84 bits per heavy atom. The normalized spacial score (nSPS) is 22.4. The van der Waals surface area contributed by atoms with E-state index in [9.17, 15) is 19.2 Å². The molecule has 2 aliphatic rings. The third-order valence-electron chi connectivity index (χ3n) is 6.22. The van der Waals surface area contributed by atoms with Crippen molar-refractivity contribution in [3.63, 3.8) is 0 Å². The number of imide groups is 1. The Hall–Kier alpha value is -2.94. The monoisotopic (exact) mass is 429 g/mol. The quantitative estimate of drug-likeness (QED) is 0.627. The average Bonchev–Trinajstić information content (AvgIpc) is 2.96. The molecule has 2 saturated heterocycles. The molecule has 2 aliphatic heterocycles. The van der Waals surface area contributed by atoms with E-state index in [0.29, 0.717) is 25.9 Å². The summed E-state index contributed by atoms with van der Waals surface area (Å²) in [6.07, 6.45) is 2.63. The van der Waals surface area contributed by atoms with Crippen LogP contribution in [0.2, 0.25) is 0 Å². The van der Waals surface area contributed by atoms with E-state index in [4.69, 9.17) is 0 Å². The fourth-order valence-electron chi connectivity index (χ4n) is 4.08. The molecule has 1 unspecified atom stereocenters. The SMILES string of the molecule is CC(=O)N(C)C1CCN(CC(=O)NN2C(=O)NC(C)(CCc3ccccc3)C2=O)CC1. The van der Waals surface area contributed by atoms with Crippen molar-refractivity contribution in [2.24, 2.45) is 0 Å². The van der Waals surface area contributed by atoms with Crippen LogP contribution in [-0.2, 0) is 20.8 Å². The first-order chi connectivity index (χ1) is 14.7. The van der Waals surface area contributed by atoms with Crippen molar-refractivity contribution < 1.29 is 19.2 Å². The molecule has 31 heavy (non-hydrogen) atoms. The van der Waals surface area contributed by atoms with Gasteiger partial charge in [0.15, 0.2) is 0 Å². The summed E-state index contributed by atoms with van der Waals surface area (Å²) in [4.78, 5) is 52.9. The molecule has 0 aliphatic carbocycles. The summed E-state index contributed by atoms with van der Waals surface area (Å²) in [7, 11) is 1.79. The van der Waals surface area contributed by atoms with Gasteiger partial charge in [-0.1, -0.05) is 30.3 Å². The van der Waals surface area contributed by atoms with Gasteiger partial charge in [-0.05, 0) is 38.2 Å². The molecule has 0 aromatic heterocycles. The van der Waals surface area contributed by atoms with E-state index in [1.165, 1.54) is 0 Å². The minimum atomic E-state index is -1.06. The number of hydrogen-bond donors (Lipinski definition) is 2. The van der Waals surface area contributed by atoms with E-state index in [2.05, 4.69) is 10.7 Å². The van der Waals surface area contributed by atoms with Crippen LogP contribution in [0.25, 0.3) is 0 Å². The first-order valence-electron chi connectivity index (χ1n) is 10.7. The summed E-state index contributed by atoms with van der Waals surface area (Å²) in [6, 6.07) is 9.29. The Bertz CT molecular complexity index is 838. The van der Waals surface area contributed by atoms with Gasteiger partial charge in [0.25, 0.3) is 11.8 Å². The lowest BCUT2D eigenvalue weighted by Crippen LogP contribution is -2.53. The molecule has 168 valence electrons. The number of hydrazine groups is 1. The Kier molecular flexibility index (Phi) is 6.94. The smallest absolute Gasteiger partial charge is 0.343 e. The second-order valence-electron chi connectivity index (χ2n) is 8.56. The van der Waals surface area contributed by atoms with Crippen LogP contribution < -0.4 is 10.7 Å². The van der Waals surface area contributed by atoms with Gasteiger partial charge in [-0.25, -0.2) is 4.79 Å². The molecule has 2 N–H and O–H groups in total. The number of rotatable bonds is 7. The zero-order chi connectivity index (χ0) is 22.6. The fraction of sp³-hybridized carbons (Fsp3) is 0.545. The van der Waals surface area contributed by atoms with Crippen molar-refractivity contribution in [3.05, 3.63) is 35.9 Å². The number of benzene rings is 1. The molecule has 1 aromatic rings. The van der Waals surface area contributed by atoms with Gasteiger partial charge < -0.3 is 10.2 Å². The molecule has 2 heterocycles. The minimum Gasteiger partial charge on any atom is -0.343 e. The van der Waals surface area contributed by atoms with Crippen LogP contribution >= 0.6 is 0 Å². The van der Waals surface area contributed by atoms with E-state index >= 15 is 0 Å². The lowest BCUT2D eigenvalue weighted by molar-refractivity contribution is -0.139. The highest BCUT2D eigenvalue weighted by Crippen LogP contribution is 2.22. The van der Waals surface area contributed by atoms with Crippen LogP contribution in [0.1, 0.15) is 38.7 Å². The molecule has 3 rings (SSSR count). The molecule has 2 fully saturated rings. The third kappa shape index (κ3) is 5.41. The number of urea groups is 1. The molecular weight excluding hydrogens is 398 g/mol. The number of aryl methyl sites for hydroxylation is 1. The summed E-state index contributed by atoms with van der Waals surface area (Å²) in [5, 5.41) is 3.51. The second-order valence-corrected chi connectivity index (χ2v) is 8.56. The van der Waals surface area contributed by atoms with Gasteiger partial charge in [-0.15, -0.1) is 0 Å². The molecule has 5 amide bonds. The summed E-state index contributed by atoms with van der Waals surface area (Å²) in [5.74, 6) is -0.831. The lowest BCUT2D eigenvalue weighted by Gasteiger charge is -2.36. The van der Waals surface area contributed by atoms with E-state index in [-0.39, 0.29) is 18.5 Å². The van der Waals surface area contributed by atoms with Gasteiger partial charge >= 0.3 is 6.03 Å². The van der Waals surface area contributed by atoms with Crippen LogP contribution in [0.5, 0.6) is 0 Å². The van der Waals surface area contributed by atoms with Gasteiger partial charge in [0.2, 0.25) is 5.91 Å². The van der Waals surface area contributed by atoms with E-state index < -0.39 is 23.4 Å². The van der Waals surface area contributed by atoms with E-state index in [1.54, 1.807) is 25.8 Å². The molecule has 9 nitrogen and oxygen atoms in total. The number of carbonyl (C=O) groups is 4. The Balaban J connectivity index is 1.49. The van der Waals surface area contributed by atoms with Crippen LogP contribution in [0.4, 0.5) is 4.79 Å². The number of hydrogen-bond acceptors (Lipinski definition) is 5. The van der Waals surface area contributed by atoms with E-state index in [0.717, 1.165) is 23.4 Å². The minimum absolute atomic E-state index is 0.0325. The summed E-state index contributed by atoms with van der Waals surface area (Å²) < 4.78 is 0. The lowest BCUT2D eigenvalue weighted by atomic mass is 9.93. The number of nitrogens with one attached hydrogen (secondary N) is 2.